The molecule has 0 atom stereocenters. The molecule has 0 fully saturated rings. The first-order valence-corrected chi connectivity index (χ1v) is 5.31. The van der Waals surface area contributed by atoms with Crippen molar-refractivity contribution in [2.24, 2.45) is 0 Å². The first-order chi connectivity index (χ1) is 7.56. The van der Waals surface area contributed by atoms with Crippen LogP contribution in [0.5, 0.6) is 0 Å². The number of rotatable bonds is 8. The van der Waals surface area contributed by atoms with Gasteiger partial charge in [-0.2, -0.15) is 0 Å². The minimum absolute atomic E-state index is 0.0924. The highest BCUT2D eigenvalue weighted by Gasteiger charge is 2.06. The lowest BCUT2D eigenvalue weighted by molar-refractivity contribution is -0.137. The molecule has 0 aliphatic heterocycles. The van der Waals surface area contributed by atoms with Crippen LogP contribution in [0.4, 0.5) is 0 Å². The number of nitrogens with one attached hydrogen (secondary N) is 2. The molecule has 0 saturated heterocycles. The van der Waals surface area contributed by atoms with E-state index in [-0.39, 0.29) is 37.6 Å². The molecule has 0 aliphatic rings. The lowest BCUT2D eigenvalue weighted by Crippen LogP contribution is -2.29. The summed E-state index contributed by atoms with van der Waals surface area (Å²) in [5.41, 5.74) is 0. The van der Waals surface area contributed by atoms with Crippen LogP contribution in [-0.4, -0.2) is 36.0 Å². The zero-order chi connectivity index (χ0) is 12.4. The maximum atomic E-state index is 11.1. The van der Waals surface area contributed by atoms with E-state index in [0.717, 1.165) is 6.42 Å². The molecule has 0 rings (SSSR count). The molecule has 0 spiro atoms. The van der Waals surface area contributed by atoms with Gasteiger partial charge in [-0.1, -0.05) is 6.92 Å². The summed E-state index contributed by atoms with van der Waals surface area (Å²) in [6.45, 7) is 2.66. The van der Waals surface area contributed by atoms with Gasteiger partial charge in [0.15, 0.2) is 0 Å². The number of carbonyl (C=O) groups excluding carboxylic acids is 2. The Balaban J connectivity index is 3.49. The molecular formula is C10H18N2O4. The first kappa shape index (κ1) is 14.4. The quantitative estimate of drug-likeness (QED) is 0.542. The van der Waals surface area contributed by atoms with Crippen molar-refractivity contribution in [1.29, 1.82) is 0 Å². The fraction of sp³-hybridized carbons (Fsp3) is 0.700. The Morgan fingerprint density at radius 2 is 1.44 bits per heavy atom. The highest BCUT2D eigenvalue weighted by Crippen LogP contribution is 1.89. The molecule has 92 valence electrons. The van der Waals surface area contributed by atoms with Gasteiger partial charge < -0.3 is 15.7 Å². The topological polar surface area (TPSA) is 95.5 Å². The third-order valence-electron chi connectivity index (χ3n) is 1.81. The average molecular weight is 230 g/mol. The van der Waals surface area contributed by atoms with E-state index in [1.165, 1.54) is 0 Å². The molecule has 16 heavy (non-hydrogen) atoms. The molecule has 3 N–H and O–H groups in total. The average Bonchev–Trinajstić information content (AvgIpc) is 2.23. The van der Waals surface area contributed by atoms with Gasteiger partial charge in [-0.05, 0) is 6.42 Å². The van der Waals surface area contributed by atoms with E-state index in [2.05, 4.69) is 10.6 Å². The molecule has 2 amide bonds. The second-order valence-corrected chi connectivity index (χ2v) is 3.34. The molecule has 0 unspecified atom stereocenters. The number of amides is 2. The van der Waals surface area contributed by atoms with E-state index in [0.29, 0.717) is 6.54 Å². The van der Waals surface area contributed by atoms with E-state index in [1.807, 2.05) is 6.92 Å². The third kappa shape index (κ3) is 8.98. The molecule has 6 heteroatoms. The highest BCUT2D eigenvalue weighted by atomic mass is 16.4. The summed E-state index contributed by atoms with van der Waals surface area (Å²) in [5.74, 6) is -1.41. The van der Waals surface area contributed by atoms with Crippen molar-refractivity contribution in [2.75, 3.05) is 13.1 Å². The van der Waals surface area contributed by atoms with Crippen LogP contribution in [-0.2, 0) is 14.4 Å². The Labute approximate surface area is 94.4 Å². The van der Waals surface area contributed by atoms with Gasteiger partial charge in [0.05, 0.1) is 6.42 Å². The normalized spacial score (nSPS) is 9.56. The predicted molar refractivity (Wildman–Crippen MR) is 57.8 cm³/mol. The van der Waals surface area contributed by atoms with Gasteiger partial charge in [-0.3, -0.25) is 14.4 Å². The second kappa shape index (κ2) is 8.70. The van der Waals surface area contributed by atoms with E-state index < -0.39 is 5.97 Å². The van der Waals surface area contributed by atoms with Gasteiger partial charge >= 0.3 is 5.97 Å². The minimum atomic E-state index is -0.957. The van der Waals surface area contributed by atoms with Crippen molar-refractivity contribution in [1.82, 2.24) is 10.6 Å². The van der Waals surface area contributed by atoms with Crippen LogP contribution in [0, 0.1) is 0 Å². The Bertz CT molecular complexity index is 253. The Morgan fingerprint density at radius 1 is 0.938 bits per heavy atom. The molecule has 0 aromatic heterocycles. The van der Waals surface area contributed by atoms with E-state index in [1.54, 1.807) is 0 Å². The van der Waals surface area contributed by atoms with Crippen LogP contribution in [0.15, 0.2) is 0 Å². The summed E-state index contributed by atoms with van der Waals surface area (Å²) in [6.07, 6.45) is 0.985. The standard InChI is InChI=1S/C10H18N2O4/c1-2-6-11-8(13)3-4-9(14)12-7-5-10(15)16/h2-7H2,1H3,(H,11,13)(H,12,14)(H,15,16). The summed E-state index contributed by atoms with van der Waals surface area (Å²) >= 11 is 0. The zero-order valence-corrected chi connectivity index (χ0v) is 9.41. The number of hydrogen-bond acceptors (Lipinski definition) is 3. The van der Waals surface area contributed by atoms with Crippen LogP contribution in [0.1, 0.15) is 32.6 Å². The summed E-state index contributed by atoms with van der Waals surface area (Å²) < 4.78 is 0. The van der Waals surface area contributed by atoms with E-state index in [9.17, 15) is 14.4 Å². The monoisotopic (exact) mass is 230 g/mol. The summed E-state index contributed by atoms with van der Waals surface area (Å²) in [4.78, 5) is 32.4. The predicted octanol–water partition coefficient (Wildman–Crippen LogP) is -0.116. The largest absolute Gasteiger partial charge is 0.481 e. The molecule has 0 aliphatic carbocycles. The first-order valence-electron chi connectivity index (χ1n) is 5.31. The highest BCUT2D eigenvalue weighted by molar-refractivity contribution is 5.83. The Hall–Kier alpha value is -1.59. The lowest BCUT2D eigenvalue weighted by Gasteiger charge is -2.04. The van der Waals surface area contributed by atoms with Crippen molar-refractivity contribution in [2.45, 2.75) is 32.6 Å². The Kier molecular flexibility index (Phi) is 7.83. The third-order valence-corrected chi connectivity index (χ3v) is 1.81. The SMILES string of the molecule is CCCNC(=O)CCC(=O)NCCC(=O)O. The molecule has 0 saturated carbocycles. The molecule has 0 radical (unpaired) electrons. The number of aliphatic carboxylic acids is 1. The van der Waals surface area contributed by atoms with Crippen LogP contribution in [0.3, 0.4) is 0 Å². The van der Waals surface area contributed by atoms with Crippen molar-refractivity contribution >= 4 is 17.8 Å². The minimum Gasteiger partial charge on any atom is -0.481 e. The molecule has 6 nitrogen and oxygen atoms in total. The molecule has 0 heterocycles. The number of carbonyl (C=O) groups is 3. The van der Waals surface area contributed by atoms with Crippen LogP contribution < -0.4 is 10.6 Å². The van der Waals surface area contributed by atoms with Crippen molar-refractivity contribution in [3.63, 3.8) is 0 Å². The van der Waals surface area contributed by atoms with Gasteiger partial charge in [0.2, 0.25) is 11.8 Å². The molecular weight excluding hydrogens is 212 g/mol. The fourth-order valence-electron chi connectivity index (χ4n) is 0.977. The van der Waals surface area contributed by atoms with Gasteiger partial charge in [0, 0.05) is 25.9 Å². The van der Waals surface area contributed by atoms with Crippen molar-refractivity contribution in [3.8, 4) is 0 Å². The van der Waals surface area contributed by atoms with Crippen molar-refractivity contribution < 1.29 is 19.5 Å². The molecule has 0 aromatic carbocycles. The summed E-state index contributed by atoms with van der Waals surface area (Å²) in [5, 5.41) is 13.4. The van der Waals surface area contributed by atoms with Gasteiger partial charge in [0.1, 0.15) is 0 Å². The van der Waals surface area contributed by atoms with Gasteiger partial charge in [-0.15, -0.1) is 0 Å². The molecule has 0 bridgehead atoms. The Morgan fingerprint density at radius 3 is 1.88 bits per heavy atom. The maximum absolute atomic E-state index is 11.1. The van der Waals surface area contributed by atoms with Crippen LogP contribution in [0.25, 0.3) is 0 Å². The number of carboxylic acid groups (broad SMARTS) is 1. The van der Waals surface area contributed by atoms with Crippen molar-refractivity contribution in [3.05, 3.63) is 0 Å². The summed E-state index contributed by atoms with van der Waals surface area (Å²) in [6, 6.07) is 0. The summed E-state index contributed by atoms with van der Waals surface area (Å²) in [7, 11) is 0. The maximum Gasteiger partial charge on any atom is 0.305 e. The van der Waals surface area contributed by atoms with E-state index >= 15 is 0 Å². The van der Waals surface area contributed by atoms with Gasteiger partial charge in [0.25, 0.3) is 0 Å². The second-order valence-electron chi connectivity index (χ2n) is 3.34. The van der Waals surface area contributed by atoms with E-state index in [4.69, 9.17) is 5.11 Å². The molecule has 0 aromatic rings. The zero-order valence-electron chi connectivity index (χ0n) is 9.41. The fourth-order valence-corrected chi connectivity index (χ4v) is 0.977. The smallest absolute Gasteiger partial charge is 0.305 e. The number of hydrogen-bond donors (Lipinski definition) is 3. The van der Waals surface area contributed by atoms with Crippen LogP contribution in [0.2, 0.25) is 0 Å². The number of carboxylic acids is 1. The lowest BCUT2D eigenvalue weighted by atomic mass is 10.2. The van der Waals surface area contributed by atoms with Gasteiger partial charge in [-0.25, -0.2) is 0 Å². The van der Waals surface area contributed by atoms with Crippen LogP contribution >= 0.6 is 0 Å².